The van der Waals surface area contributed by atoms with Crippen molar-refractivity contribution in [3.8, 4) is 0 Å². The first kappa shape index (κ1) is 11.5. The second kappa shape index (κ2) is 5.98. The number of aliphatic hydroxyl groups excluding tert-OH is 1. The van der Waals surface area contributed by atoms with Gasteiger partial charge in [0.15, 0.2) is 0 Å². The van der Waals surface area contributed by atoms with Gasteiger partial charge in [0, 0.05) is 0 Å². The van der Waals surface area contributed by atoms with Crippen LogP contribution in [0.3, 0.4) is 0 Å². The Balaban J connectivity index is 2.20. The van der Waals surface area contributed by atoms with Gasteiger partial charge in [0.05, 0.1) is 32.3 Å². The molecule has 1 aliphatic carbocycles. The predicted octanol–water partition coefficient (Wildman–Crippen LogP) is 0.727. The smallest absolute Gasteiger partial charge is 0.308 e. The van der Waals surface area contributed by atoms with Crippen molar-refractivity contribution in [2.24, 2.45) is 5.92 Å². The van der Waals surface area contributed by atoms with Crippen LogP contribution in [0.1, 0.15) is 25.7 Å². The van der Waals surface area contributed by atoms with Crippen molar-refractivity contribution in [2.45, 2.75) is 31.8 Å². The number of ether oxygens (including phenoxy) is 2. The predicted molar refractivity (Wildman–Crippen MR) is 50.8 cm³/mol. The minimum Gasteiger partial charge on any atom is -0.469 e. The average Bonchev–Trinajstić information content (AvgIpc) is 2.26. The molecule has 0 amide bonds. The minimum absolute atomic E-state index is 0.0500. The van der Waals surface area contributed by atoms with Crippen molar-refractivity contribution in [1.29, 1.82) is 0 Å². The summed E-state index contributed by atoms with van der Waals surface area (Å²) in [4.78, 5) is 11.2. The van der Waals surface area contributed by atoms with E-state index in [2.05, 4.69) is 4.74 Å². The molecular formula is C10H18O4. The van der Waals surface area contributed by atoms with E-state index in [0.717, 1.165) is 25.7 Å². The zero-order valence-corrected chi connectivity index (χ0v) is 8.57. The van der Waals surface area contributed by atoms with Gasteiger partial charge in [-0.2, -0.15) is 0 Å². The molecule has 0 aromatic carbocycles. The molecule has 0 unspecified atom stereocenters. The van der Waals surface area contributed by atoms with E-state index in [9.17, 15) is 4.79 Å². The Labute approximate surface area is 84.2 Å². The Morgan fingerprint density at radius 1 is 1.36 bits per heavy atom. The van der Waals surface area contributed by atoms with Gasteiger partial charge in [0.25, 0.3) is 0 Å². The van der Waals surface area contributed by atoms with Crippen molar-refractivity contribution in [3.63, 3.8) is 0 Å². The zero-order valence-electron chi connectivity index (χ0n) is 8.57. The van der Waals surface area contributed by atoms with Crippen molar-refractivity contribution in [3.05, 3.63) is 0 Å². The van der Waals surface area contributed by atoms with E-state index in [1.165, 1.54) is 7.11 Å². The third kappa shape index (κ3) is 3.27. The SMILES string of the molecule is COC(=O)C1CCC(OCCO)CC1. The van der Waals surface area contributed by atoms with Crippen LogP contribution < -0.4 is 0 Å². The van der Waals surface area contributed by atoms with Gasteiger partial charge in [0.2, 0.25) is 0 Å². The molecule has 14 heavy (non-hydrogen) atoms. The third-order valence-corrected chi connectivity index (χ3v) is 2.65. The number of carbonyl (C=O) groups excluding carboxylic acids is 1. The van der Waals surface area contributed by atoms with Gasteiger partial charge in [-0.25, -0.2) is 0 Å². The standard InChI is InChI=1S/C10H18O4/c1-13-10(12)8-2-4-9(5-3-8)14-7-6-11/h8-9,11H,2-7H2,1H3. The van der Waals surface area contributed by atoms with Gasteiger partial charge in [-0.05, 0) is 25.7 Å². The van der Waals surface area contributed by atoms with Crippen LogP contribution in [0.5, 0.6) is 0 Å². The maximum atomic E-state index is 11.2. The second-order valence-corrected chi connectivity index (χ2v) is 3.59. The molecule has 0 aromatic heterocycles. The first-order valence-electron chi connectivity index (χ1n) is 5.08. The summed E-state index contributed by atoms with van der Waals surface area (Å²) in [6, 6.07) is 0. The van der Waals surface area contributed by atoms with E-state index in [1.54, 1.807) is 0 Å². The van der Waals surface area contributed by atoms with Gasteiger partial charge in [-0.3, -0.25) is 4.79 Å². The van der Waals surface area contributed by atoms with Crippen LogP contribution in [0.2, 0.25) is 0 Å². The van der Waals surface area contributed by atoms with Crippen molar-refractivity contribution < 1.29 is 19.4 Å². The average molecular weight is 202 g/mol. The molecule has 0 spiro atoms. The molecule has 0 saturated heterocycles. The Morgan fingerprint density at radius 2 is 2.00 bits per heavy atom. The van der Waals surface area contributed by atoms with E-state index >= 15 is 0 Å². The summed E-state index contributed by atoms with van der Waals surface area (Å²) >= 11 is 0. The van der Waals surface area contributed by atoms with Gasteiger partial charge < -0.3 is 14.6 Å². The molecule has 0 radical (unpaired) electrons. The van der Waals surface area contributed by atoms with Crippen LogP contribution in [0, 0.1) is 5.92 Å². The van der Waals surface area contributed by atoms with E-state index in [0.29, 0.717) is 6.61 Å². The molecule has 82 valence electrons. The van der Waals surface area contributed by atoms with E-state index < -0.39 is 0 Å². The van der Waals surface area contributed by atoms with E-state index in [-0.39, 0.29) is 24.6 Å². The first-order valence-corrected chi connectivity index (χ1v) is 5.08. The maximum absolute atomic E-state index is 11.2. The number of methoxy groups -OCH3 is 1. The first-order chi connectivity index (χ1) is 6.77. The quantitative estimate of drug-likeness (QED) is 0.683. The van der Waals surface area contributed by atoms with Crippen LogP contribution >= 0.6 is 0 Å². The lowest BCUT2D eigenvalue weighted by atomic mass is 9.87. The minimum atomic E-state index is -0.106. The van der Waals surface area contributed by atoms with Gasteiger partial charge >= 0.3 is 5.97 Å². The summed E-state index contributed by atoms with van der Waals surface area (Å²) in [5.74, 6) is -0.0559. The second-order valence-electron chi connectivity index (χ2n) is 3.59. The Bertz CT molecular complexity index is 173. The fraction of sp³-hybridized carbons (Fsp3) is 0.900. The highest BCUT2D eigenvalue weighted by atomic mass is 16.5. The van der Waals surface area contributed by atoms with Crippen LogP contribution in [0.4, 0.5) is 0 Å². The molecule has 0 heterocycles. The number of esters is 1. The van der Waals surface area contributed by atoms with Crippen LogP contribution in [0.25, 0.3) is 0 Å². The number of carbonyl (C=O) groups is 1. The van der Waals surface area contributed by atoms with E-state index in [1.807, 2.05) is 0 Å². The molecule has 1 N–H and O–H groups in total. The third-order valence-electron chi connectivity index (χ3n) is 2.65. The number of hydrogen-bond acceptors (Lipinski definition) is 4. The summed E-state index contributed by atoms with van der Waals surface area (Å²) in [7, 11) is 1.43. The molecule has 0 aromatic rings. The molecule has 1 rings (SSSR count). The summed E-state index contributed by atoms with van der Waals surface area (Å²) in [5.41, 5.74) is 0. The normalized spacial score (nSPS) is 27.3. The summed E-state index contributed by atoms with van der Waals surface area (Å²) in [5, 5.41) is 8.58. The molecule has 1 saturated carbocycles. The highest BCUT2D eigenvalue weighted by Gasteiger charge is 2.26. The van der Waals surface area contributed by atoms with Crippen LogP contribution in [-0.4, -0.2) is 37.5 Å². The molecule has 4 heteroatoms. The van der Waals surface area contributed by atoms with Gasteiger partial charge in [-0.15, -0.1) is 0 Å². The molecule has 0 aliphatic heterocycles. The molecular weight excluding hydrogens is 184 g/mol. The number of aliphatic hydroxyl groups is 1. The Morgan fingerprint density at radius 3 is 2.50 bits per heavy atom. The fourth-order valence-electron chi connectivity index (χ4n) is 1.85. The lowest BCUT2D eigenvalue weighted by molar-refractivity contribution is -0.147. The fourth-order valence-corrected chi connectivity index (χ4v) is 1.85. The van der Waals surface area contributed by atoms with Crippen LogP contribution in [0.15, 0.2) is 0 Å². The molecule has 1 aliphatic rings. The lowest BCUT2D eigenvalue weighted by Crippen LogP contribution is -2.27. The zero-order chi connectivity index (χ0) is 10.4. The van der Waals surface area contributed by atoms with Crippen molar-refractivity contribution in [2.75, 3.05) is 20.3 Å². The molecule has 0 atom stereocenters. The largest absolute Gasteiger partial charge is 0.469 e. The number of rotatable bonds is 4. The molecule has 4 nitrogen and oxygen atoms in total. The molecule has 1 fully saturated rings. The number of hydrogen-bond donors (Lipinski definition) is 1. The summed E-state index contributed by atoms with van der Waals surface area (Å²) in [6.45, 7) is 0.463. The van der Waals surface area contributed by atoms with Gasteiger partial charge in [0.1, 0.15) is 0 Å². The Hall–Kier alpha value is -0.610. The summed E-state index contributed by atoms with van der Waals surface area (Å²) < 4.78 is 10.1. The van der Waals surface area contributed by atoms with Crippen LogP contribution in [-0.2, 0) is 14.3 Å². The summed E-state index contributed by atoms with van der Waals surface area (Å²) in [6.07, 6.45) is 3.66. The molecule has 0 bridgehead atoms. The highest BCUT2D eigenvalue weighted by molar-refractivity contribution is 5.72. The van der Waals surface area contributed by atoms with Crippen molar-refractivity contribution >= 4 is 5.97 Å². The van der Waals surface area contributed by atoms with Gasteiger partial charge in [-0.1, -0.05) is 0 Å². The van der Waals surface area contributed by atoms with E-state index in [4.69, 9.17) is 9.84 Å². The maximum Gasteiger partial charge on any atom is 0.308 e. The Kier molecular flexibility index (Phi) is 4.90. The monoisotopic (exact) mass is 202 g/mol. The lowest BCUT2D eigenvalue weighted by Gasteiger charge is -2.26. The topological polar surface area (TPSA) is 55.8 Å². The van der Waals surface area contributed by atoms with Crippen molar-refractivity contribution in [1.82, 2.24) is 0 Å². The highest BCUT2D eigenvalue weighted by Crippen LogP contribution is 2.26.